The number of pyridine rings is 1. The van der Waals surface area contributed by atoms with Crippen molar-refractivity contribution in [3.63, 3.8) is 0 Å². The van der Waals surface area contributed by atoms with Crippen molar-refractivity contribution < 1.29 is 32.6 Å². The second-order valence-corrected chi connectivity index (χ2v) is 11.1. The molecular weight excluding hydrogens is 511 g/mol. The summed E-state index contributed by atoms with van der Waals surface area (Å²) in [5.41, 5.74) is -1.08. The highest BCUT2D eigenvalue weighted by Gasteiger charge is 2.60. The third-order valence-corrected chi connectivity index (χ3v) is 8.19. The van der Waals surface area contributed by atoms with Gasteiger partial charge >= 0.3 is 12.1 Å². The van der Waals surface area contributed by atoms with Gasteiger partial charge in [-0.3, -0.25) is 4.79 Å². The number of aliphatic carboxylic acids is 1. The molecule has 0 bridgehead atoms. The van der Waals surface area contributed by atoms with E-state index >= 15 is 0 Å². The second-order valence-electron chi connectivity index (χ2n) is 11.1. The highest BCUT2D eigenvalue weighted by atomic mass is 19.4. The Hall–Kier alpha value is -3.14. The van der Waals surface area contributed by atoms with Crippen LogP contribution >= 0.6 is 0 Å². The molecule has 0 spiro atoms. The van der Waals surface area contributed by atoms with Crippen molar-refractivity contribution in [2.75, 3.05) is 12.4 Å². The fourth-order valence-corrected chi connectivity index (χ4v) is 6.23. The molecule has 10 heteroatoms. The van der Waals surface area contributed by atoms with Crippen molar-refractivity contribution in [3.05, 3.63) is 59.3 Å². The summed E-state index contributed by atoms with van der Waals surface area (Å²) >= 11 is 0. The van der Waals surface area contributed by atoms with E-state index in [4.69, 9.17) is 4.74 Å². The van der Waals surface area contributed by atoms with Crippen LogP contribution in [0.3, 0.4) is 0 Å². The summed E-state index contributed by atoms with van der Waals surface area (Å²) in [5, 5.41) is 13.7. The molecule has 4 rings (SSSR count). The number of methoxy groups -OCH3 is 1. The maximum atomic E-state index is 14.1. The number of hydrogen-bond donors (Lipinski definition) is 2. The number of benzene rings is 1. The lowest BCUT2D eigenvalue weighted by atomic mass is 9.79. The summed E-state index contributed by atoms with van der Waals surface area (Å²) < 4.78 is 46.8. The van der Waals surface area contributed by atoms with Crippen LogP contribution in [0.15, 0.2) is 42.5 Å². The van der Waals surface area contributed by atoms with Gasteiger partial charge in [-0.25, -0.2) is 9.78 Å². The minimum atomic E-state index is -4.59. The van der Waals surface area contributed by atoms with E-state index in [1.165, 1.54) is 18.9 Å². The number of nitrogens with one attached hydrogen (secondary N) is 1. The van der Waals surface area contributed by atoms with Gasteiger partial charge in [0.1, 0.15) is 11.9 Å². The van der Waals surface area contributed by atoms with Gasteiger partial charge in [0, 0.05) is 24.6 Å². The first-order valence-corrected chi connectivity index (χ1v) is 13.3. The number of carboxylic acids is 1. The number of likely N-dealkylation sites (tertiary alicyclic amines) is 1. The predicted octanol–water partition coefficient (Wildman–Crippen LogP) is 5.85. The number of ether oxygens (including phenoxy) is 1. The van der Waals surface area contributed by atoms with E-state index in [1.807, 2.05) is 18.2 Å². The van der Waals surface area contributed by atoms with Crippen molar-refractivity contribution in [3.8, 4) is 0 Å². The van der Waals surface area contributed by atoms with Gasteiger partial charge < -0.3 is 20.1 Å². The third kappa shape index (κ3) is 5.90. The molecule has 4 atom stereocenters. The van der Waals surface area contributed by atoms with Crippen molar-refractivity contribution in [1.82, 2.24) is 9.88 Å². The second kappa shape index (κ2) is 11.2. The fraction of sp³-hybridized carbons (Fsp3) is 0.552. The van der Waals surface area contributed by atoms with Crippen LogP contribution in [0.2, 0.25) is 0 Å². The minimum absolute atomic E-state index is 0.0405. The Balaban J connectivity index is 1.90. The van der Waals surface area contributed by atoms with Gasteiger partial charge in [0.05, 0.1) is 23.2 Å². The van der Waals surface area contributed by atoms with E-state index in [9.17, 15) is 27.9 Å². The first-order valence-electron chi connectivity index (χ1n) is 13.3. The number of carbonyl (C=O) groups is 2. The monoisotopic (exact) mass is 547 g/mol. The number of carbonyl (C=O) groups excluding carboxylic acids is 1. The summed E-state index contributed by atoms with van der Waals surface area (Å²) in [7, 11) is 1.46. The Morgan fingerprint density at radius 2 is 1.72 bits per heavy atom. The van der Waals surface area contributed by atoms with Crippen LogP contribution < -0.4 is 5.32 Å². The molecule has 2 heterocycles. The van der Waals surface area contributed by atoms with Crippen LogP contribution in [0.1, 0.15) is 68.8 Å². The molecule has 1 amide bonds. The van der Waals surface area contributed by atoms with Gasteiger partial charge in [-0.15, -0.1) is 0 Å². The standard InChI is InChI=1S/C29H36F3N3O4/c1-17-15-20(29(30,31)32)16-21(33-17)34-23-22(28(2,3)39-4)25(27(37)38)35(24(23)18-11-7-5-8-12-18)26(36)19-13-9-6-10-14-19/h5,7-8,11-12,15-16,19,22-25H,6,9-10,13-14H2,1-4H3,(H,33,34)(H,37,38). The zero-order valence-corrected chi connectivity index (χ0v) is 22.7. The lowest BCUT2D eigenvalue weighted by molar-refractivity contribution is -0.156. The Morgan fingerprint density at radius 1 is 1.08 bits per heavy atom. The SMILES string of the molecule is COC(C)(C)C1C(Nc2cc(C(F)(F)F)cc(C)n2)C(c2ccccc2)N(C(=O)C2CCCCC2)C1C(=O)O. The maximum absolute atomic E-state index is 14.1. The molecule has 2 aromatic rings. The topological polar surface area (TPSA) is 91.8 Å². The normalized spacial score (nSPS) is 24.5. The molecular formula is C29H36F3N3O4. The van der Waals surface area contributed by atoms with Crippen LogP contribution in [-0.4, -0.2) is 51.7 Å². The number of rotatable bonds is 7. The van der Waals surface area contributed by atoms with Crippen LogP contribution in [0.5, 0.6) is 0 Å². The van der Waals surface area contributed by atoms with Gasteiger partial charge in [0.25, 0.3) is 0 Å². The van der Waals surface area contributed by atoms with Crippen LogP contribution in [0.25, 0.3) is 0 Å². The summed E-state index contributed by atoms with van der Waals surface area (Å²) in [4.78, 5) is 32.8. The van der Waals surface area contributed by atoms with Gasteiger partial charge in [-0.05, 0) is 51.3 Å². The largest absolute Gasteiger partial charge is 0.480 e. The van der Waals surface area contributed by atoms with E-state index in [1.54, 1.807) is 26.0 Å². The molecule has 1 aromatic carbocycles. The van der Waals surface area contributed by atoms with Crippen molar-refractivity contribution in [2.45, 2.75) is 82.8 Å². The molecule has 7 nitrogen and oxygen atoms in total. The third-order valence-electron chi connectivity index (χ3n) is 8.19. The highest BCUT2D eigenvalue weighted by molar-refractivity contribution is 5.87. The minimum Gasteiger partial charge on any atom is -0.480 e. The Labute approximate surface area is 226 Å². The highest BCUT2D eigenvalue weighted by Crippen LogP contribution is 2.48. The Bertz CT molecular complexity index is 1180. The van der Waals surface area contributed by atoms with Crippen LogP contribution in [-0.2, 0) is 20.5 Å². The molecule has 1 aromatic heterocycles. The number of anilines is 1. The zero-order chi connectivity index (χ0) is 28.5. The summed E-state index contributed by atoms with van der Waals surface area (Å²) in [6.07, 6.45) is -0.434. The first-order chi connectivity index (χ1) is 18.3. The fourth-order valence-electron chi connectivity index (χ4n) is 6.23. The van der Waals surface area contributed by atoms with Gasteiger partial charge in [0.2, 0.25) is 5.91 Å². The van der Waals surface area contributed by atoms with E-state index < -0.39 is 47.4 Å². The van der Waals surface area contributed by atoms with Crippen LogP contribution in [0.4, 0.5) is 19.0 Å². The van der Waals surface area contributed by atoms with Gasteiger partial charge in [-0.1, -0.05) is 49.6 Å². The number of aromatic nitrogens is 1. The van der Waals surface area contributed by atoms with Gasteiger partial charge in [-0.2, -0.15) is 13.2 Å². The molecule has 1 aliphatic carbocycles. The maximum Gasteiger partial charge on any atom is 0.416 e. The van der Waals surface area contributed by atoms with E-state index in [-0.39, 0.29) is 23.3 Å². The molecule has 1 aliphatic heterocycles. The molecule has 1 saturated heterocycles. The predicted molar refractivity (Wildman–Crippen MR) is 140 cm³/mol. The number of amides is 1. The summed E-state index contributed by atoms with van der Waals surface area (Å²) in [6, 6.07) is 8.06. The Kier molecular flexibility index (Phi) is 8.25. The average Bonchev–Trinajstić information content (AvgIpc) is 3.24. The van der Waals surface area contributed by atoms with Crippen molar-refractivity contribution in [1.29, 1.82) is 0 Å². The number of alkyl halides is 3. The van der Waals surface area contributed by atoms with Gasteiger partial charge in [0.15, 0.2) is 0 Å². The Morgan fingerprint density at radius 3 is 2.28 bits per heavy atom. The summed E-state index contributed by atoms with van der Waals surface area (Å²) in [5.74, 6) is -2.61. The average molecular weight is 548 g/mol. The molecule has 2 fully saturated rings. The van der Waals surface area contributed by atoms with E-state index in [2.05, 4.69) is 10.3 Å². The molecule has 4 unspecified atom stereocenters. The number of halogens is 3. The van der Waals surface area contributed by atoms with E-state index in [0.29, 0.717) is 18.4 Å². The number of carboxylic acid groups (broad SMARTS) is 1. The first kappa shape index (κ1) is 28.9. The smallest absolute Gasteiger partial charge is 0.416 e. The van der Waals surface area contributed by atoms with Crippen molar-refractivity contribution in [2.24, 2.45) is 11.8 Å². The number of hydrogen-bond acceptors (Lipinski definition) is 5. The zero-order valence-electron chi connectivity index (χ0n) is 22.7. The van der Waals surface area contributed by atoms with E-state index in [0.717, 1.165) is 31.4 Å². The quantitative estimate of drug-likeness (QED) is 0.452. The molecule has 1 saturated carbocycles. The molecule has 2 aliphatic rings. The molecule has 212 valence electrons. The lowest BCUT2D eigenvalue weighted by Crippen LogP contribution is -2.52. The lowest BCUT2D eigenvalue weighted by Gasteiger charge is -2.37. The molecule has 2 N–H and O–H groups in total. The molecule has 0 radical (unpaired) electrons. The van der Waals surface area contributed by atoms with Crippen molar-refractivity contribution >= 4 is 17.7 Å². The van der Waals surface area contributed by atoms with Crippen LogP contribution in [0, 0.1) is 18.8 Å². The molecule has 39 heavy (non-hydrogen) atoms. The number of nitrogens with zero attached hydrogens (tertiary/aromatic N) is 2. The summed E-state index contributed by atoms with van der Waals surface area (Å²) in [6.45, 7) is 4.95. The number of aryl methyl sites for hydroxylation is 1.